The average Bonchev–Trinajstić information content (AvgIpc) is 3.39. The van der Waals surface area contributed by atoms with E-state index < -0.39 is 33.1 Å². The van der Waals surface area contributed by atoms with Crippen LogP contribution in [0.15, 0.2) is 17.0 Å². The number of nitrogens with one attached hydrogen (secondary N) is 1. The lowest BCUT2D eigenvalue weighted by atomic mass is 10.1. The second-order valence-corrected chi connectivity index (χ2v) is 11.4. The van der Waals surface area contributed by atoms with E-state index in [-0.39, 0.29) is 15.6 Å². The molecule has 0 amide bonds. The summed E-state index contributed by atoms with van der Waals surface area (Å²) in [6, 6.07) is 4.89. The van der Waals surface area contributed by atoms with Crippen molar-refractivity contribution in [3.63, 3.8) is 0 Å². The second-order valence-electron chi connectivity index (χ2n) is 8.72. The van der Waals surface area contributed by atoms with Crippen LogP contribution in [0.1, 0.15) is 42.9 Å². The number of nitrogens with zero attached hydrogens (tertiary/aromatic N) is 6. The number of aryl methyl sites for hydroxylation is 1. The summed E-state index contributed by atoms with van der Waals surface area (Å²) in [5, 5.41) is 26.7. The van der Waals surface area contributed by atoms with E-state index in [0.29, 0.717) is 72.5 Å². The first-order valence-corrected chi connectivity index (χ1v) is 13.2. The molecule has 1 saturated carbocycles. The Morgan fingerprint density at radius 2 is 1.97 bits per heavy atom. The summed E-state index contributed by atoms with van der Waals surface area (Å²) in [5.41, 5.74) is 0.0370. The lowest BCUT2D eigenvalue weighted by Crippen LogP contribution is -2.37. The number of anilines is 1. The molecule has 35 heavy (non-hydrogen) atoms. The van der Waals surface area contributed by atoms with Crippen molar-refractivity contribution in [1.29, 1.82) is 5.26 Å². The molecule has 10 nitrogen and oxygen atoms in total. The minimum absolute atomic E-state index is 0.0973. The first-order valence-electron chi connectivity index (χ1n) is 10.9. The number of piperidine rings is 1. The lowest BCUT2D eigenvalue weighted by molar-refractivity contribution is 0.145. The summed E-state index contributed by atoms with van der Waals surface area (Å²) in [4.78, 5) is 10.8. The summed E-state index contributed by atoms with van der Waals surface area (Å²) in [5.74, 6) is 0.356. The molecule has 0 bridgehead atoms. The number of nitriles is 1. The van der Waals surface area contributed by atoms with Gasteiger partial charge in [-0.2, -0.15) is 9.98 Å². The molecule has 2 fully saturated rings. The Morgan fingerprint density at radius 3 is 2.57 bits per heavy atom. The van der Waals surface area contributed by atoms with Crippen LogP contribution in [0.5, 0.6) is 0 Å². The van der Waals surface area contributed by atoms with Gasteiger partial charge in [-0.15, -0.1) is 10.2 Å². The van der Waals surface area contributed by atoms with Crippen LogP contribution in [0.25, 0.3) is 21.6 Å². The molecular weight excluding hydrogens is 500 g/mol. The Balaban J connectivity index is 1.72. The lowest BCUT2D eigenvalue weighted by Gasteiger charge is -2.32. The van der Waals surface area contributed by atoms with Crippen LogP contribution in [0, 0.1) is 18.3 Å². The van der Waals surface area contributed by atoms with Crippen LogP contribution in [0.4, 0.5) is 14.5 Å². The highest BCUT2D eigenvalue weighted by Crippen LogP contribution is 2.40. The third kappa shape index (κ3) is 4.56. The molecule has 3 heterocycles. The first kappa shape index (κ1) is 23.9. The van der Waals surface area contributed by atoms with E-state index in [1.165, 1.54) is 12.1 Å². The number of alkyl halides is 2. The van der Waals surface area contributed by atoms with Crippen molar-refractivity contribution in [3.8, 4) is 16.8 Å². The molecule has 5 rings (SSSR count). The number of aromatic nitrogens is 4. The van der Waals surface area contributed by atoms with Gasteiger partial charge in [-0.1, -0.05) is 11.3 Å². The number of hydrogen-bond donors (Lipinski definition) is 2. The number of aliphatic hydroxyl groups is 1. The van der Waals surface area contributed by atoms with Crippen molar-refractivity contribution in [2.45, 2.75) is 55.6 Å². The van der Waals surface area contributed by atoms with Crippen LogP contribution in [-0.4, -0.2) is 58.4 Å². The molecule has 1 aliphatic carbocycles. The number of benzene rings is 1. The zero-order chi connectivity index (χ0) is 25.0. The van der Waals surface area contributed by atoms with Gasteiger partial charge in [0.15, 0.2) is 10.0 Å². The summed E-state index contributed by atoms with van der Waals surface area (Å²) in [6.45, 7) is 2.60. The largest absolute Gasteiger partial charge is 0.393 e. The maximum absolute atomic E-state index is 13.3. The monoisotopic (exact) mass is 521 g/mol. The van der Waals surface area contributed by atoms with E-state index in [0.717, 1.165) is 0 Å². The van der Waals surface area contributed by atoms with Crippen molar-refractivity contribution in [1.82, 2.24) is 24.9 Å². The summed E-state index contributed by atoms with van der Waals surface area (Å²) in [6.07, 6.45) is -1.41. The van der Waals surface area contributed by atoms with Crippen LogP contribution in [-0.2, 0) is 10.0 Å². The molecule has 1 saturated heterocycles. The van der Waals surface area contributed by atoms with Gasteiger partial charge in [0.2, 0.25) is 10.0 Å². The number of sulfonamides is 1. The predicted molar refractivity (Wildman–Crippen MR) is 123 cm³/mol. The number of halogens is 2. The van der Waals surface area contributed by atoms with Crippen molar-refractivity contribution >= 4 is 38.0 Å². The fourth-order valence-electron chi connectivity index (χ4n) is 4.06. The minimum Gasteiger partial charge on any atom is -0.393 e. The highest BCUT2D eigenvalue weighted by molar-refractivity contribution is 7.89. The van der Waals surface area contributed by atoms with Gasteiger partial charge in [-0.05, 0) is 44.7 Å². The number of fused-ring (bicyclic) bond motifs is 1. The normalized spacial score (nSPS) is 18.2. The van der Waals surface area contributed by atoms with Crippen LogP contribution >= 0.6 is 11.3 Å². The van der Waals surface area contributed by atoms with Gasteiger partial charge in [0.25, 0.3) is 6.43 Å². The number of hydrogen-bond acceptors (Lipinski definition) is 10. The predicted octanol–water partition coefficient (Wildman–Crippen LogP) is 2.69. The molecule has 3 aromatic rings. The molecule has 0 spiro atoms. The molecule has 1 aliphatic heterocycles. The van der Waals surface area contributed by atoms with E-state index in [1.54, 1.807) is 6.92 Å². The van der Waals surface area contributed by atoms with E-state index in [4.69, 9.17) is 0 Å². The smallest absolute Gasteiger partial charge is 0.291 e. The van der Waals surface area contributed by atoms with Gasteiger partial charge in [0, 0.05) is 18.5 Å². The zero-order valence-electron chi connectivity index (χ0n) is 18.6. The van der Waals surface area contributed by atoms with Crippen LogP contribution in [0.3, 0.4) is 0 Å². The summed E-state index contributed by atoms with van der Waals surface area (Å²) in [7, 11) is -4.11. The van der Waals surface area contributed by atoms with Gasteiger partial charge < -0.3 is 10.0 Å². The Kier molecular flexibility index (Phi) is 5.91. The summed E-state index contributed by atoms with van der Waals surface area (Å²) < 4.78 is 55.4. The van der Waals surface area contributed by atoms with Gasteiger partial charge in [-0.25, -0.2) is 27.2 Å². The van der Waals surface area contributed by atoms with Crippen molar-refractivity contribution < 1.29 is 22.3 Å². The quantitative estimate of drug-likeness (QED) is 0.500. The van der Waals surface area contributed by atoms with Crippen LogP contribution < -0.4 is 9.62 Å². The molecule has 0 radical (unpaired) electrons. The second kappa shape index (κ2) is 8.66. The van der Waals surface area contributed by atoms with Gasteiger partial charge in [-0.3, -0.25) is 0 Å². The molecule has 2 aliphatic rings. The molecule has 184 valence electrons. The van der Waals surface area contributed by atoms with E-state index in [9.17, 15) is 27.6 Å². The van der Waals surface area contributed by atoms with Crippen LogP contribution in [0.2, 0.25) is 0 Å². The summed E-state index contributed by atoms with van der Waals surface area (Å²) >= 11 is 0.679. The Labute approximate surface area is 203 Å². The fraction of sp³-hybridized carbons (Fsp3) is 0.476. The average molecular weight is 522 g/mol. The minimum atomic E-state index is -4.11. The Morgan fingerprint density at radius 1 is 1.26 bits per heavy atom. The standard InChI is InChI=1S/C21H21F2N7O3S2/c1-11-25-16-14(17(26-11)19-27-28-20(34-19)18(22)23)8-13(35(32,33)29-21(10-24)4-5-21)9-15(16)30-6-2-12(31)3-7-30/h8-9,12,18,29,31H,2-7H2,1H3. The fourth-order valence-corrected chi connectivity index (χ4v) is 6.19. The zero-order valence-corrected chi connectivity index (χ0v) is 20.2. The Hall–Kier alpha value is -2.86. The maximum atomic E-state index is 13.3. The third-order valence-corrected chi connectivity index (χ3v) is 8.56. The van der Waals surface area contributed by atoms with E-state index in [2.05, 4.69) is 24.9 Å². The van der Waals surface area contributed by atoms with E-state index >= 15 is 0 Å². The molecule has 14 heteroatoms. The van der Waals surface area contributed by atoms with Gasteiger partial charge in [0.05, 0.1) is 28.3 Å². The third-order valence-electron chi connectivity index (χ3n) is 6.10. The van der Waals surface area contributed by atoms with Crippen molar-refractivity contribution in [2.75, 3.05) is 18.0 Å². The highest BCUT2D eigenvalue weighted by Gasteiger charge is 2.47. The molecular formula is C21H21F2N7O3S2. The number of aliphatic hydroxyl groups excluding tert-OH is 1. The Bertz CT molecular complexity index is 1440. The highest BCUT2D eigenvalue weighted by atomic mass is 32.2. The maximum Gasteiger partial charge on any atom is 0.291 e. The topological polar surface area (TPSA) is 145 Å². The molecule has 2 aromatic heterocycles. The molecule has 0 unspecified atom stereocenters. The first-order chi connectivity index (χ1) is 16.6. The molecule has 0 atom stereocenters. The van der Waals surface area contributed by atoms with Crippen molar-refractivity contribution in [2.24, 2.45) is 0 Å². The SMILES string of the molecule is Cc1nc(-c2nnc(C(F)F)s2)c2cc(S(=O)(=O)NC3(C#N)CC3)cc(N3CCC(O)CC3)c2n1. The molecule has 2 N–H and O–H groups in total. The van der Waals surface area contributed by atoms with E-state index in [1.807, 2.05) is 11.0 Å². The van der Waals surface area contributed by atoms with Gasteiger partial charge >= 0.3 is 0 Å². The van der Waals surface area contributed by atoms with Crippen molar-refractivity contribution in [3.05, 3.63) is 23.0 Å². The number of rotatable bonds is 6. The molecule has 1 aromatic carbocycles. The van der Waals surface area contributed by atoms with Gasteiger partial charge in [0.1, 0.15) is 17.1 Å².